The number of anilines is 1. The van der Waals surface area contributed by atoms with Crippen molar-refractivity contribution in [2.45, 2.75) is 19.9 Å². The van der Waals surface area contributed by atoms with Crippen molar-refractivity contribution < 1.29 is 14.0 Å². The van der Waals surface area contributed by atoms with Crippen LogP contribution in [0.5, 0.6) is 0 Å². The van der Waals surface area contributed by atoms with E-state index < -0.39 is 11.7 Å². The van der Waals surface area contributed by atoms with Crippen molar-refractivity contribution in [3.8, 4) is 0 Å². The van der Waals surface area contributed by atoms with Crippen molar-refractivity contribution in [3.63, 3.8) is 0 Å². The lowest BCUT2D eigenvalue weighted by Gasteiger charge is -2.06. The minimum absolute atomic E-state index is 0.0166. The van der Waals surface area contributed by atoms with Crippen LogP contribution in [0.3, 0.4) is 0 Å². The summed E-state index contributed by atoms with van der Waals surface area (Å²) in [6.07, 6.45) is 1.65. The first-order valence-electron chi connectivity index (χ1n) is 8.16. The zero-order chi connectivity index (χ0) is 19.4. The second-order valence-corrected chi connectivity index (χ2v) is 6.10. The van der Waals surface area contributed by atoms with E-state index in [1.165, 1.54) is 24.5 Å². The fraction of sp³-hybridized carbons (Fsp3) is 0.235. The number of H-pyrrole nitrogens is 1. The van der Waals surface area contributed by atoms with Crippen LogP contribution in [0, 0.1) is 5.82 Å². The lowest BCUT2D eigenvalue weighted by molar-refractivity contribution is -0.117. The summed E-state index contributed by atoms with van der Waals surface area (Å²) in [4.78, 5) is 32.0. The molecule has 2 heterocycles. The average molecular weight is 391 g/mol. The van der Waals surface area contributed by atoms with Crippen LogP contribution in [0.15, 0.2) is 24.5 Å². The van der Waals surface area contributed by atoms with Crippen LogP contribution in [0.25, 0.3) is 11.0 Å². The van der Waals surface area contributed by atoms with Crippen LogP contribution >= 0.6 is 11.6 Å². The number of nitrogens with one attached hydrogen (secondary N) is 3. The zero-order valence-electron chi connectivity index (χ0n) is 14.3. The van der Waals surface area contributed by atoms with E-state index >= 15 is 0 Å². The van der Waals surface area contributed by atoms with E-state index in [9.17, 15) is 14.0 Å². The lowest BCUT2D eigenvalue weighted by atomic mass is 10.2. The van der Waals surface area contributed by atoms with Gasteiger partial charge in [0.2, 0.25) is 0 Å². The molecule has 0 bridgehead atoms. The quantitative estimate of drug-likeness (QED) is 0.571. The van der Waals surface area contributed by atoms with Gasteiger partial charge in [-0.15, -0.1) is 0 Å². The molecular weight excluding hydrogens is 375 g/mol. The first-order chi connectivity index (χ1) is 13.0. The molecule has 3 aromatic rings. The molecule has 0 unspecified atom stereocenters. The minimum Gasteiger partial charge on any atom is -0.360 e. The summed E-state index contributed by atoms with van der Waals surface area (Å²) in [5, 5.41) is 12.3. The van der Waals surface area contributed by atoms with E-state index in [-0.39, 0.29) is 29.6 Å². The first kappa shape index (κ1) is 18.7. The second-order valence-electron chi connectivity index (χ2n) is 5.70. The van der Waals surface area contributed by atoms with Gasteiger partial charge in [-0.2, -0.15) is 5.10 Å². The molecule has 2 aromatic heterocycles. The third-order valence-corrected chi connectivity index (χ3v) is 4.14. The zero-order valence-corrected chi connectivity index (χ0v) is 15.1. The molecule has 0 radical (unpaired) electrons. The number of hydrogen-bond acceptors (Lipinski definition) is 6. The molecule has 1 aromatic carbocycles. The number of benzene rings is 1. The number of nitrogens with zero attached hydrogens (tertiary/aromatic N) is 3. The van der Waals surface area contributed by atoms with Gasteiger partial charge in [-0.05, 0) is 17.7 Å². The highest BCUT2D eigenvalue weighted by atomic mass is 35.5. The number of carbonyl (C=O) groups is 2. The summed E-state index contributed by atoms with van der Waals surface area (Å²) < 4.78 is 13.2. The van der Waals surface area contributed by atoms with Gasteiger partial charge in [0, 0.05) is 13.0 Å². The van der Waals surface area contributed by atoms with E-state index in [1.807, 2.05) is 0 Å². The standard InChI is InChI=1S/C17H16ClFN6O2/c1-2-10(26)7-20-16-14-13(24-25-16)15(23-8-22-14)17(27)21-6-9-3-4-12(19)11(18)5-9/h3-5,8H,2,6-7H2,1H3,(H,21,27)(H2,20,24,25). The first-order valence-corrected chi connectivity index (χ1v) is 8.54. The highest BCUT2D eigenvalue weighted by Gasteiger charge is 2.17. The highest BCUT2D eigenvalue weighted by Crippen LogP contribution is 2.20. The number of hydrogen-bond donors (Lipinski definition) is 3. The Morgan fingerprint density at radius 2 is 2.11 bits per heavy atom. The molecule has 0 saturated heterocycles. The van der Waals surface area contributed by atoms with Gasteiger partial charge >= 0.3 is 0 Å². The van der Waals surface area contributed by atoms with E-state index in [4.69, 9.17) is 11.6 Å². The van der Waals surface area contributed by atoms with Gasteiger partial charge < -0.3 is 10.6 Å². The second kappa shape index (κ2) is 8.09. The normalized spacial score (nSPS) is 10.8. The number of rotatable bonds is 7. The SMILES string of the molecule is CCC(=O)CNc1n[nH]c2c(C(=O)NCc3ccc(F)c(Cl)c3)ncnc12. The number of ketones is 1. The molecule has 1 amide bonds. The van der Waals surface area contributed by atoms with E-state index in [0.717, 1.165) is 0 Å². The molecule has 0 atom stereocenters. The van der Waals surface area contributed by atoms with Crippen molar-refractivity contribution in [2.24, 2.45) is 0 Å². The maximum Gasteiger partial charge on any atom is 0.272 e. The van der Waals surface area contributed by atoms with Gasteiger partial charge in [0.1, 0.15) is 23.2 Å². The Morgan fingerprint density at radius 3 is 2.85 bits per heavy atom. The predicted octanol–water partition coefficient (Wildman–Crippen LogP) is 2.47. The molecule has 0 aliphatic carbocycles. The monoisotopic (exact) mass is 390 g/mol. The molecule has 0 spiro atoms. The molecule has 0 aliphatic rings. The number of aromatic amines is 1. The summed E-state index contributed by atoms with van der Waals surface area (Å²) >= 11 is 5.74. The van der Waals surface area contributed by atoms with Crippen molar-refractivity contribution in [2.75, 3.05) is 11.9 Å². The molecule has 140 valence electrons. The summed E-state index contributed by atoms with van der Waals surface area (Å²) in [6, 6.07) is 4.20. The largest absolute Gasteiger partial charge is 0.360 e. The molecule has 0 aliphatic heterocycles. The molecule has 10 heteroatoms. The van der Waals surface area contributed by atoms with Gasteiger partial charge in [0.15, 0.2) is 17.3 Å². The van der Waals surface area contributed by atoms with Gasteiger partial charge in [-0.1, -0.05) is 24.6 Å². The summed E-state index contributed by atoms with van der Waals surface area (Å²) in [6.45, 7) is 2.04. The Morgan fingerprint density at radius 1 is 1.30 bits per heavy atom. The van der Waals surface area contributed by atoms with Crippen molar-refractivity contribution >= 4 is 40.1 Å². The minimum atomic E-state index is -0.525. The molecule has 0 fully saturated rings. The number of fused-ring (bicyclic) bond motifs is 1. The number of carbonyl (C=O) groups excluding carboxylic acids is 2. The fourth-order valence-electron chi connectivity index (χ4n) is 2.35. The van der Waals surface area contributed by atoms with Crippen LogP contribution in [0.2, 0.25) is 5.02 Å². The van der Waals surface area contributed by atoms with Crippen LogP contribution < -0.4 is 10.6 Å². The number of Topliss-reactive ketones (excluding diaryl/α,β-unsaturated/α-hetero) is 1. The molecule has 27 heavy (non-hydrogen) atoms. The Bertz CT molecular complexity index is 1010. The Labute approximate surface area is 158 Å². The number of halogens is 2. The fourth-order valence-corrected chi connectivity index (χ4v) is 2.56. The Balaban J connectivity index is 1.75. The van der Waals surface area contributed by atoms with E-state index in [0.29, 0.717) is 28.8 Å². The maximum absolute atomic E-state index is 13.2. The topological polar surface area (TPSA) is 113 Å². The van der Waals surface area contributed by atoms with Crippen molar-refractivity contribution in [1.29, 1.82) is 0 Å². The van der Waals surface area contributed by atoms with Crippen LogP contribution in [-0.4, -0.2) is 38.4 Å². The van der Waals surface area contributed by atoms with Gasteiger partial charge in [0.05, 0.1) is 11.6 Å². The van der Waals surface area contributed by atoms with Crippen molar-refractivity contribution in [1.82, 2.24) is 25.5 Å². The summed E-state index contributed by atoms with van der Waals surface area (Å²) in [7, 11) is 0. The highest BCUT2D eigenvalue weighted by molar-refractivity contribution is 6.30. The van der Waals surface area contributed by atoms with Crippen molar-refractivity contribution in [3.05, 3.63) is 46.6 Å². The van der Waals surface area contributed by atoms with Crippen LogP contribution in [0.1, 0.15) is 29.4 Å². The van der Waals surface area contributed by atoms with Crippen LogP contribution in [0.4, 0.5) is 10.2 Å². The Hall–Kier alpha value is -3.07. The van der Waals surface area contributed by atoms with E-state index in [1.54, 1.807) is 6.92 Å². The molecule has 0 saturated carbocycles. The Kier molecular flexibility index (Phi) is 5.60. The van der Waals surface area contributed by atoms with Crippen LogP contribution in [-0.2, 0) is 11.3 Å². The van der Waals surface area contributed by atoms with Gasteiger partial charge in [0.25, 0.3) is 5.91 Å². The average Bonchev–Trinajstić information content (AvgIpc) is 3.09. The number of aromatic nitrogens is 4. The summed E-state index contributed by atoms with van der Waals surface area (Å²) in [5.74, 6) is -0.587. The van der Waals surface area contributed by atoms with Gasteiger partial charge in [-0.3, -0.25) is 14.7 Å². The molecule has 3 N–H and O–H groups in total. The summed E-state index contributed by atoms with van der Waals surface area (Å²) in [5.41, 5.74) is 1.50. The molecular formula is C17H16ClFN6O2. The lowest BCUT2D eigenvalue weighted by Crippen LogP contribution is -2.24. The predicted molar refractivity (Wildman–Crippen MR) is 98.1 cm³/mol. The maximum atomic E-state index is 13.2. The molecule has 3 rings (SSSR count). The molecule has 8 nitrogen and oxygen atoms in total. The third-order valence-electron chi connectivity index (χ3n) is 3.85. The van der Waals surface area contributed by atoms with E-state index in [2.05, 4.69) is 30.8 Å². The van der Waals surface area contributed by atoms with Gasteiger partial charge in [-0.25, -0.2) is 14.4 Å². The smallest absolute Gasteiger partial charge is 0.272 e. The number of amides is 1. The third kappa shape index (κ3) is 4.20.